The van der Waals surface area contributed by atoms with E-state index in [0.29, 0.717) is 19.6 Å². The Morgan fingerprint density at radius 1 is 1.09 bits per heavy atom. The quantitative estimate of drug-likeness (QED) is 0.588. The zero-order chi connectivity index (χ0) is 23.0. The van der Waals surface area contributed by atoms with Crippen molar-refractivity contribution in [3.63, 3.8) is 0 Å². The smallest absolute Gasteiger partial charge is 0.321 e. The highest BCUT2D eigenvalue weighted by Gasteiger charge is 2.37. The maximum Gasteiger partial charge on any atom is 0.321 e. The number of nitrogens with zero attached hydrogens (tertiary/aromatic N) is 2. The number of anilines is 1. The van der Waals surface area contributed by atoms with Crippen LogP contribution in [0.2, 0.25) is 0 Å². The molecule has 1 fully saturated rings. The first-order valence-corrected chi connectivity index (χ1v) is 11.6. The summed E-state index contributed by atoms with van der Waals surface area (Å²) in [5, 5.41) is 6.02. The number of urea groups is 1. The van der Waals surface area contributed by atoms with Gasteiger partial charge in [0, 0.05) is 43.8 Å². The molecule has 1 unspecified atom stereocenters. The van der Waals surface area contributed by atoms with Crippen molar-refractivity contribution in [3.05, 3.63) is 60.4 Å². The second-order valence-corrected chi connectivity index (χ2v) is 8.52. The van der Waals surface area contributed by atoms with Crippen LogP contribution in [0.5, 0.6) is 0 Å². The Morgan fingerprint density at radius 3 is 2.31 bits per heavy atom. The topological polar surface area (TPSA) is 100 Å². The zero-order valence-corrected chi connectivity index (χ0v) is 19.1. The number of benzene rings is 1. The molecule has 3 rings (SSSR count). The van der Waals surface area contributed by atoms with E-state index in [0.717, 1.165) is 36.9 Å². The van der Waals surface area contributed by atoms with E-state index in [4.69, 9.17) is 5.73 Å². The fourth-order valence-electron chi connectivity index (χ4n) is 4.58. The summed E-state index contributed by atoms with van der Waals surface area (Å²) in [5.74, 6) is 0.313. The van der Waals surface area contributed by atoms with Crippen LogP contribution >= 0.6 is 0 Å². The molecule has 1 atom stereocenters. The van der Waals surface area contributed by atoms with Gasteiger partial charge in [-0.15, -0.1) is 0 Å². The van der Waals surface area contributed by atoms with Crippen LogP contribution in [0.15, 0.2) is 54.9 Å². The fraction of sp³-hybridized carbons (Fsp3) is 0.480. The van der Waals surface area contributed by atoms with Crippen LogP contribution in [0, 0.1) is 5.92 Å². The Morgan fingerprint density at radius 2 is 1.72 bits per heavy atom. The first-order chi connectivity index (χ1) is 15.5. The lowest BCUT2D eigenvalue weighted by Gasteiger charge is -2.36. The van der Waals surface area contributed by atoms with Gasteiger partial charge in [0.15, 0.2) is 0 Å². The minimum Gasteiger partial charge on any atom is -0.354 e. The lowest BCUT2D eigenvalue weighted by atomic mass is 9.75. The molecule has 0 saturated carbocycles. The van der Waals surface area contributed by atoms with Gasteiger partial charge >= 0.3 is 6.03 Å². The number of hydrogen-bond acceptors (Lipinski definition) is 4. The summed E-state index contributed by atoms with van der Waals surface area (Å²) >= 11 is 0. The van der Waals surface area contributed by atoms with Gasteiger partial charge in [-0.25, -0.2) is 4.79 Å². The molecule has 32 heavy (non-hydrogen) atoms. The van der Waals surface area contributed by atoms with Crippen LogP contribution in [0.3, 0.4) is 0 Å². The second-order valence-electron chi connectivity index (χ2n) is 8.52. The maximum absolute atomic E-state index is 13.2. The molecule has 1 aromatic carbocycles. The van der Waals surface area contributed by atoms with Gasteiger partial charge in [0.1, 0.15) is 0 Å². The van der Waals surface area contributed by atoms with Crippen molar-refractivity contribution in [3.8, 4) is 0 Å². The van der Waals surface area contributed by atoms with Gasteiger partial charge < -0.3 is 21.3 Å². The lowest BCUT2D eigenvalue weighted by molar-refractivity contribution is -0.127. The number of nitrogens with one attached hydrogen (secondary N) is 2. The van der Waals surface area contributed by atoms with Gasteiger partial charge in [0.05, 0.1) is 5.41 Å². The van der Waals surface area contributed by atoms with Crippen LogP contribution < -0.4 is 16.4 Å². The maximum atomic E-state index is 13.2. The highest BCUT2D eigenvalue weighted by molar-refractivity contribution is 5.89. The number of nitrogens with two attached hydrogens (primary N) is 1. The number of carbonyl (C=O) groups excluding carboxylic acids is 2. The third-order valence-electron chi connectivity index (χ3n) is 6.83. The summed E-state index contributed by atoms with van der Waals surface area (Å²) in [5.41, 5.74) is 7.72. The van der Waals surface area contributed by atoms with Crippen molar-refractivity contribution in [1.82, 2.24) is 15.2 Å². The molecule has 3 amide bonds. The first-order valence-electron chi connectivity index (χ1n) is 11.6. The second kappa shape index (κ2) is 11.1. The van der Waals surface area contributed by atoms with Crippen LogP contribution in [0.1, 0.15) is 45.1 Å². The molecular weight excluding hydrogens is 402 g/mol. The van der Waals surface area contributed by atoms with E-state index in [1.165, 1.54) is 0 Å². The molecule has 172 valence electrons. The third kappa shape index (κ3) is 5.46. The summed E-state index contributed by atoms with van der Waals surface area (Å²) in [6.45, 7) is 5.87. The van der Waals surface area contributed by atoms with Gasteiger partial charge in [-0.3, -0.25) is 9.78 Å². The van der Waals surface area contributed by atoms with E-state index in [9.17, 15) is 9.59 Å². The Hall–Kier alpha value is -2.93. The van der Waals surface area contributed by atoms with E-state index in [2.05, 4.69) is 29.5 Å². The van der Waals surface area contributed by atoms with Gasteiger partial charge in [-0.05, 0) is 49.3 Å². The van der Waals surface area contributed by atoms with Gasteiger partial charge in [-0.1, -0.05) is 44.2 Å². The van der Waals surface area contributed by atoms with Crippen molar-refractivity contribution in [2.24, 2.45) is 11.7 Å². The van der Waals surface area contributed by atoms with Crippen LogP contribution in [0.25, 0.3) is 0 Å². The first kappa shape index (κ1) is 23.7. The monoisotopic (exact) mass is 437 g/mol. The van der Waals surface area contributed by atoms with Crippen molar-refractivity contribution >= 4 is 17.6 Å². The molecule has 0 spiro atoms. The number of piperidine rings is 1. The predicted molar refractivity (Wildman–Crippen MR) is 127 cm³/mol. The molecule has 1 saturated heterocycles. The molecule has 0 aliphatic carbocycles. The molecule has 1 aliphatic rings. The molecule has 0 radical (unpaired) electrons. The van der Waals surface area contributed by atoms with Crippen molar-refractivity contribution in [2.75, 3.05) is 25.0 Å². The largest absolute Gasteiger partial charge is 0.354 e. The molecule has 4 N–H and O–H groups in total. The van der Waals surface area contributed by atoms with E-state index in [-0.39, 0.29) is 23.9 Å². The average Bonchev–Trinajstić information content (AvgIpc) is 2.85. The summed E-state index contributed by atoms with van der Waals surface area (Å²) in [6, 6.07) is 13.3. The van der Waals surface area contributed by atoms with Crippen molar-refractivity contribution in [2.45, 2.75) is 51.0 Å². The van der Waals surface area contributed by atoms with Crippen LogP contribution in [-0.2, 0) is 10.2 Å². The highest BCUT2D eigenvalue weighted by Crippen LogP contribution is 2.32. The van der Waals surface area contributed by atoms with E-state index in [1.807, 2.05) is 35.2 Å². The molecule has 0 bridgehead atoms. The average molecular weight is 438 g/mol. The normalized spacial score (nSPS) is 15.8. The van der Waals surface area contributed by atoms with Gasteiger partial charge in [0.25, 0.3) is 0 Å². The minimum absolute atomic E-state index is 0.0401. The van der Waals surface area contributed by atoms with E-state index >= 15 is 0 Å². The Bertz CT molecular complexity index is 862. The molecule has 2 aromatic rings. The summed E-state index contributed by atoms with van der Waals surface area (Å²) in [7, 11) is 0. The van der Waals surface area contributed by atoms with Crippen molar-refractivity contribution < 1.29 is 9.59 Å². The van der Waals surface area contributed by atoms with Gasteiger partial charge in [0.2, 0.25) is 5.91 Å². The Kier molecular flexibility index (Phi) is 8.22. The molecule has 2 heterocycles. The van der Waals surface area contributed by atoms with E-state index < -0.39 is 5.41 Å². The van der Waals surface area contributed by atoms with E-state index in [1.54, 1.807) is 24.5 Å². The van der Waals surface area contributed by atoms with Crippen LogP contribution in [0.4, 0.5) is 10.5 Å². The number of likely N-dealkylation sites (tertiary alicyclic amines) is 1. The number of amides is 3. The number of pyridine rings is 1. The number of aromatic nitrogens is 1. The summed E-state index contributed by atoms with van der Waals surface area (Å²) < 4.78 is 0. The molecule has 7 nitrogen and oxygen atoms in total. The SMILES string of the molecule is CCC(CC)(C(=O)NCC(N)C1CCN(C(=O)Nc2ccncc2)CC1)c1ccccc1. The molecule has 1 aromatic heterocycles. The number of rotatable bonds is 8. The fourth-order valence-corrected chi connectivity index (χ4v) is 4.58. The van der Waals surface area contributed by atoms with Crippen molar-refractivity contribution in [1.29, 1.82) is 0 Å². The predicted octanol–water partition coefficient (Wildman–Crippen LogP) is 3.53. The number of hydrogen-bond donors (Lipinski definition) is 3. The van der Waals surface area contributed by atoms with Crippen LogP contribution in [-0.4, -0.2) is 47.5 Å². The molecular formula is C25H35N5O2. The zero-order valence-electron chi connectivity index (χ0n) is 19.1. The number of carbonyl (C=O) groups is 2. The summed E-state index contributed by atoms with van der Waals surface area (Å²) in [4.78, 5) is 31.4. The lowest BCUT2D eigenvalue weighted by Crippen LogP contribution is -2.51. The third-order valence-corrected chi connectivity index (χ3v) is 6.83. The Labute approximate surface area is 190 Å². The molecule has 1 aliphatic heterocycles. The summed E-state index contributed by atoms with van der Waals surface area (Å²) in [6.07, 6.45) is 6.43. The Balaban J connectivity index is 1.50. The molecule has 7 heteroatoms. The standard InChI is InChI=1S/C25H35N5O2/c1-3-25(4-2,20-8-6-5-7-9-20)23(31)28-18-22(26)19-12-16-30(17-13-19)24(32)29-21-10-14-27-15-11-21/h5-11,14-15,19,22H,3-4,12-13,16-18,26H2,1-2H3,(H,28,31)(H,27,29,32). The highest BCUT2D eigenvalue weighted by atomic mass is 16.2. The van der Waals surface area contributed by atoms with Gasteiger partial charge in [-0.2, -0.15) is 0 Å². The minimum atomic E-state index is -0.532.